The van der Waals surface area contributed by atoms with Crippen molar-refractivity contribution in [2.24, 2.45) is 0 Å². The van der Waals surface area contributed by atoms with Gasteiger partial charge in [0.2, 0.25) is 0 Å². The Morgan fingerprint density at radius 2 is 1.93 bits per heavy atom. The van der Waals surface area contributed by atoms with E-state index in [0.717, 1.165) is 0 Å². The standard InChI is InChI=1S/C21H23N5O3S/c22-11-13-29-16-8-6-15(7-9-16)26(30(27,28)17-4-2-1-3-5-17)20-18-10-12-24-21(18)25-14-19(20)23/h1-5,10,12,14-16H,6-9,13,23H2,(H,24,25). The lowest BCUT2D eigenvalue weighted by Crippen LogP contribution is -2.44. The van der Waals surface area contributed by atoms with E-state index in [2.05, 4.69) is 9.97 Å². The van der Waals surface area contributed by atoms with Crippen molar-refractivity contribution in [3.63, 3.8) is 0 Å². The third-order valence-electron chi connectivity index (χ3n) is 5.47. The monoisotopic (exact) mass is 425 g/mol. The van der Waals surface area contributed by atoms with Crippen LogP contribution < -0.4 is 10.0 Å². The molecule has 1 aliphatic carbocycles. The number of nitriles is 1. The number of anilines is 2. The van der Waals surface area contributed by atoms with E-state index in [4.69, 9.17) is 15.7 Å². The number of hydrogen-bond donors (Lipinski definition) is 2. The zero-order chi connectivity index (χ0) is 21.1. The molecule has 1 saturated carbocycles. The van der Waals surface area contributed by atoms with Crippen LogP contribution in [0, 0.1) is 11.3 Å². The van der Waals surface area contributed by atoms with E-state index in [1.165, 1.54) is 10.5 Å². The number of fused-ring (bicyclic) bond motifs is 1. The summed E-state index contributed by atoms with van der Waals surface area (Å²) in [7, 11) is -3.86. The van der Waals surface area contributed by atoms with E-state index < -0.39 is 10.0 Å². The van der Waals surface area contributed by atoms with Crippen LogP contribution in [-0.4, -0.2) is 37.1 Å². The van der Waals surface area contributed by atoms with E-state index >= 15 is 0 Å². The fourth-order valence-corrected chi connectivity index (χ4v) is 5.84. The number of hydrogen-bond acceptors (Lipinski definition) is 6. The van der Waals surface area contributed by atoms with E-state index in [0.29, 0.717) is 48.1 Å². The maximum absolute atomic E-state index is 13.8. The van der Waals surface area contributed by atoms with Crippen molar-refractivity contribution in [3.05, 3.63) is 48.8 Å². The molecule has 3 aromatic rings. The van der Waals surface area contributed by atoms with Gasteiger partial charge < -0.3 is 15.5 Å². The molecule has 30 heavy (non-hydrogen) atoms. The Kier molecular flexibility index (Phi) is 5.61. The van der Waals surface area contributed by atoms with Crippen LogP contribution in [0.15, 0.2) is 53.7 Å². The number of nitrogens with one attached hydrogen (secondary N) is 1. The van der Waals surface area contributed by atoms with Crippen molar-refractivity contribution < 1.29 is 13.2 Å². The van der Waals surface area contributed by atoms with Gasteiger partial charge in [-0.2, -0.15) is 5.26 Å². The highest BCUT2D eigenvalue weighted by atomic mass is 32.2. The Labute approximate surface area is 175 Å². The molecular weight excluding hydrogens is 402 g/mol. The molecule has 2 heterocycles. The molecule has 1 fully saturated rings. The molecule has 0 unspecified atom stereocenters. The first kappa shape index (κ1) is 20.2. The van der Waals surface area contributed by atoms with Crippen LogP contribution in [0.1, 0.15) is 25.7 Å². The van der Waals surface area contributed by atoms with Crippen molar-refractivity contribution >= 4 is 32.4 Å². The normalized spacial score (nSPS) is 19.4. The number of nitrogen functional groups attached to an aromatic ring is 1. The molecule has 4 rings (SSSR count). The Hall–Kier alpha value is -3.09. The minimum atomic E-state index is -3.86. The second-order valence-electron chi connectivity index (χ2n) is 7.32. The molecule has 8 nitrogen and oxygen atoms in total. The zero-order valence-corrected chi connectivity index (χ0v) is 17.2. The van der Waals surface area contributed by atoms with Crippen LogP contribution in [0.3, 0.4) is 0 Å². The van der Waals surface area contributed by atoms with Gasteiger partial charge in [0.15, 0.2) is 0 Å². The van der Waals surface area contributed by atoms with Gasteiger partial charge in [0, 0.05) is 17.6 Å². The molecule has 0 radical (unpaired) electrons. The van der Waals surface area contributed by atoms with Crippen LogP contribution in [0.4, 0.5) is 11.4 Å². The van der Waals surface area contributed by atoms with Gasteiger partial charge in [-0.1, -0.05) is 18.2 Å². The number of ether oxygens (including phenoxy) is 1. The summed E-state index contributed by atoms with van der Waals surface area (Å²) in [4.78, 5) is 7.52. The van der Waals surface area contributed by atoms with Crippen LogP contribution >= 0.6 is 0 Å². The van der Waals surface area contributed by atoms with Crippen molar-refractivity contribution in [1.82, 2.24) is 9.97 Å². The first-order valence-corrected chi connectivity index (χ1v) is 11.3. The summed E-state index contributed by atoms with van der Waals surface area (Å²) in [6, 6.07) is 11.9. The molecule has 1 aliphatic rings. The lowest BCUT2D eigenvalue weighted by atomic mass is 9.92. The highest BCUT2D eigenvalue weighted by Crippen LogP contribution is 2.39. The molecular formula is C21H23N5O3S. The topological polar surface area (TPSA) is 125 Å². The van der Waals surface area contributed by atoms with Crippen LogP contribution in [-0.2, 0) is 14.8 Å². The predicted molar refractivity (Wildman–Crippen MR) is 114 cm³/mol. The Morgan fingerprint density at radius 3 is 2.63 bits per heavy atom. The number of nitrogens with zero attached hydrogens (tertiary/aromatic N) is 3. The van der Waals surface area contributed by atoms with Crippen LogP contribution in [0.25, 0.3) is 11.0 Å². The molecule has 0 atom stereocenters. The summed E-state index contributed by atoms with van der Waals surface area (Å²) < 4.78 is 34.6. The average Bonchev–Trinajstić information content (AvgIpc) is 3.24. The maximum atomic E-state index is 13.8. The number of H-pyrrole nitrogens is 1. The second-order valence-corrected chi connectivity index (χ2v) is 9.13. The van der Waals surface area contributed by atoms with E-state index in [1.54, 1.807) is 42.6 Å². The first-order valence-electron chi connectivity index (χ1n) is 9.82. The van der Waals surface area contributed by atoms with E-state index in [9.17, 15) is 8.42 Å². The van der Waals surface area contributed by atoms with Crippen molar-refractivity contribution in [1.29, 1.82) is 5.26 Å². The smallest absolute Gasteiger partial charge is 0.264 e. The number of sulfonamides is 1. The molecule has 3 N–H and O–H groups in total. The zero-order valence-electron chi connectivity index (χ0n) is 16.4. The molecule has 0 saturated heterocycles. The van der Waals surface area contributed by atoms with Gasteiger partial charge >= 0.3 is 0 Å². The number of benzene rings is 1. The van der Waals surface area contributed by atoms with E-state index in [-0.39, 0.29) is 23.6 Å². The predicted octanol–water partition coefficient (Wildman–Crippen LogP) is 3.19. The summed E-state index contributed by atoms with van der Waals surface area (Å²) in [6.45, 7) is 0.0443. The fourth-order valence-electron chi connectivity index (χ4n) is 4.06. The van der Waals surface area contributed by atoms with Gasteiger partial charge in [-0.3, -0.25) is 4.31 Å². The number of pyridine rings is 1. The number of nitrogens with two attached hydrogens (primary N) is 1. The maximum Gasteiger partial charge on any atom is 0.264 e. The largest absolute Gasteiger partial charge is 0.396 e. The van der Waals surface area contributed by atoms with Gasteiger partial charge in [0.1, 0.15) is 12.3 Å². The summed E-state index contributed by atoms with van der Waals surface area (Å²) in [5, 5.41) is 9.41. The molecule has 0 bridgehead atoms. The van der Waals surface area contributed by atoms with Gasteiger partial charge in [-0.25, -0.2) is 13.4 Å². The van der Waals surface area contributed by atoms with Gasteiger partial charge in [0.05, 0.1) is 34.6 Å². The highest BCUT2D eigenvalue weighted by Gasteiger charge is 2.37. The minimum absolute atomic E-state index is 0.0377. The Balaban J connectivity index is 1.78. The SMILES string of the molecule is N#CCOC1CCC(N(c2c(N)cnc3[nH]ccc23)S(=O)(=O)c2ccccc2)CC1. The third kappa shape index (κ3) is 3.72. The quantitative estimate of drug-likeness (QED) is 0.625. The molecule has 156 valence electrons. The van der Waals surface area contributed by atoms with Crippen LogP contribution in [0.2, 0.25) is 0 Å². The van der Waals surface area contributed by atoms with Crippen molar-refractivity contribution in [3.8, 4) is 6.07 Å². The van der Waals surface area contributed by atoms with E-state index in [1.807, 2.05) is 6.07 Å². The second kappa shape index (κ2) is 8.34. The van der Waals surface area contributed by atoms with Crippen molar-refractivity contribution in [2.75, 3.05) is 16.6 Å². The van der Waals surface area contributed by atoms with Gasteiger partial charge in [-0.15, -0.1) is 0 Å². The summed E-state index contributed by atoms with van der Waals surface area (Å²) in [5.41, 5.74) is 7.62. The summed E-state index contributed by atoms with van der Waals surface area (Å²) >= 11 is 0. The lowest BCUT2D eigenvalue weighted by molar-refractivity contribution is 0.0456. The first-order chi connectivity index (χ1) is 14.5. The van der Waals surface area contributed by atoms with Gasteiger partial charge in [-0.05, 0) is 43.9 Å². The van der Waals surface area contributed by atoms with Crippen molar-refractivity contribution in [2.45, 2.75) is 42.7 Å². The average molecular weight is 426 g/mol. The van der Waals surface area contributed by atoms with Crippen LogP contribution in [0.5, 0.6) is 0 Å². The number of rotatable bonds is 6. The molecule has 2 aromatic heterocycles. The molecule has 0 amide bonds. The molecule has 1 aromatic carbocycles. The Bertz CT molecular complexity index is 1160. The molecule has 0 aliphatic heterocycles. The highest BCUT2D eigenvalue weighted by molar-refractivity contribution is 7.93. The molecule has 9 heteroatoms. The summed E-state index contributed by atoms with van der Waals surface area (Å²) in [5.74, 6) is 0. The van der Waals surface area contributed by atoms with Gasteiger partial charge in [0.25, 0.3) is 10.0 Å². The minimum Gasteiger partial charge on any atom is -0.396 e. The third-order valence-corrected chi connectivity index (χ3v) is 7.33. The lowest BCUT2D eigenvalue weighted by Gasteiger charge is -2.38. The molecule has 0 spiro atoms. The number of aromatic nitrogens is 2. The number of aromatic amines is 1. The Morgan fingerprint density at radius 1 is 1.20 bits per heavy atom. The summed E-state index contributed by atoms with van der Waals surface area (Å²) in [6.07, 6.45) is 5.74. The fraction of sp³-hybridized carbons (Fsp3) is 0.333.